The average molecular weight is 387 g/mol. The molecule has 0 bridgehead atoms. The minimum absolute atomic E-state index is 0.0614. The normalized spacial score (nSPS) is 10.4. The molecule has 2 N–H and O–H groups in total. The Bertz CT molecular complexity index is 987. The second-order valence-electron chi connectivity index (χ2n) is 5.69. The Hall–Kier alpha value is -2.77. The molecule has 0 aliphatic heterocycles. The third-order valence-electron chi connectivity index (χ3n) is 3.66. The molecule has 1 heterocycles. The van der Waals surface area contributed by atoms with Crippen molar-refractivity contribution >= 4 is 45.6 Å². The molecule has 0 aliphatic rings. The second kappa shape index (κ2) is 7.63. The number of aromatic nitrogens is 2. The highest BCUT2D eigenvalue weighted by Gasteiger charge is 2.20. The first-order valence-electron chi connectivity index (χ1n) is 7.72. The third-order valence-corrected chi connectivity index (χ3v) is 4.53. The lowest BCUT2D eigenvalue weighted by atomic mass is 10.1. The van der Waals surface area contributed by atoms with E-state index in [4.69, 9.17) is 11.6 Å². The number of anilines is 2. The van der Waals surface area contributed by atoms with Crippen LogP contribution < -0.4 is 10.6 Å². The number of rotatable bonds is 4. The monoisotopic (exact) mass is 386 g/mol. The lowest BCUT2D eigenvalue weighted by Crippen LogP contribution is -2.18. The van der Waals surface area contributed by atoms with E-state index >= 15 is 0 Å². The van der Waals surface area contributed by atoms with E-state index in [1.165, 1.54) is 0 Å². The predicted molar refractivity (Wildman–Crippen MR) is 103 cm³/mol. The highest BCUT2D eigenvalue weighted by molar-refractivity contribution is 7.10. The standard InChI is InChI=1S/C18H15ClN4O2S/c1-10-6-7-11(2)14(8-10)20-17(25)15-18(26-23-22-15)21-16(24)12-4-3-5-13(19)9-12/h3-9H,1-2H3,(H,20,25)(H,21,24). The number of carbonyl (C=O) groups excluding carboxylic acids is 2. The summed E-state index contributed by atoms with van der Waals surface area (Å²) in [4.78, 5) is 24.9. The number of hydrogen-bond acceptors (Lipinski definition) is 5. The number of hydrogen-bond donors (Lipinski definition) is 2. The fourth-order valence-corrected chi connectivity index (χ4v) is 3.03. The lowest BCUT2D eigenvalue weighted by Gasteiger charge is -2.09. The second-order valence-corrected chi connectivity index (χ2v) is 6.88. The summed E-state index contributed by atoms with van der Waals surface area (Å²) < 4.78 is 3.78. The van der Waals surface area contributed by atoms with Gasteiger partial charge in [0.15, 0.2) is 5.69 Å². The Labute approximate surface area is 159 Å². The zero-order valence-electron chi connectivity index (χ0n) is 14.0. The van der Waals surface area contributed by atoms with Crippen LogP contribution in [0.1, 0.15) is 32.0 Å². The molecule has 0 spiro atoms. The molecule has 6 nitrogen and oxygen atoms in total. The molecule has 1 aromatic heterocycles. The first-order valence-corrected chi connectivity index (χ1v) is 8.87. The van der Waals surface area contributed by atoms with E-state index < -0.39 is 5.91 Å². The van der Waals surface area contributed by atoms with E-state index in [0.717, 1.165) is 22.7 Å². The van der Waals surface area contributed by atoms with Crippen LogP contribution in [0.5, 0.6) is 0 Å². The van der Waals surface area contributed by atoms with Crippen LogP contribution in [0, 0.1) is 13.8 Å². The van der Waals surface area contributed by atoms with Gasteiger partial charge in [-0.05, 0) is 49.2 Å². The maximum Gasteiger partial charge on any atom is 0.279 e. The Morgan fingerprint density at radius 2 is 1.85 bits per heavy atom. The van der Waals surface area contributed by atoms with Gasteiger partial charge < -0.3 is 10.6 Å². The minimum Gasteiger partial charge on any atom is -0.320 e. The van der Waals surface area contributed by atoms with Gasteiger partial charge in [-0.15, -0.1) is 5.10 Å². The largest absolute Gasteiger partial charge is 0.320 e. The van der Waals surface area contributed by atoms with E-state index in [-0.39, 0.29) is 16.6 Å². The summed E-state index contributed by atoms with van der Waals surface area (Å²) >= 11 is 6.84. The van der Waals surface area contributed by atoms with Crippen molar-refractivity contribution in [3.63, 3.8) is 0 Å². The van der Waals surface area contributed by atoms with Gasteiger partial charge in [-0.2, -0.15) is 0 Å². The highest BCUT2D eigenvalue weighted by atomic mass is 35.5. The van der Waals surface area contributed by atoms with Crippen LogP contribution in [0.4, 0.5) is 10.7 Å². The van der Waals surface area contributed by atoms with Gasteiger partial charge in [-0.1, -0.05) is 34.3 Å². The average Bonchev–Trinajstić information content (AvgIpc) is 3.06. The van der Waals surface area contributed by atoms with Crippen LogP contribution in [-0.4, -0.2) is 21.4 Å². The van der Waals surface area contributed by atoms with Gasteiger partial charge in [-0.25, -0.2) is 0 Å². The van der Waals surface area contributed by atoms with Gasteiger partial charge in [0, 0.05) is 27.8 Å². The van der Waals surface area contributed by atoms with Crippen LogP contribution >= 0.6 is 23.1 Å². The summed E-state index contributed by atoms with van der Waals surface area (Å²) in [5.74, 6) is -0.826. The number of carbonyl (C=O) groups is 2. The Morgan fingerprint density at radius 3 is 2.62 bits per heavy atom. The zero-order chi connectivity index (χ0) is 18.7. The number of nitrogens with one attached hydrogen (secondary N) is 2. The smallest absolute Gasteiger partial charge is 0.279 e. The zero-order valence-corrected chi connectivity index (χ0v) is 15.6. The molecule has 3 aromatic rings. The molecule has 0 saturated heterocycles. The molecule has 132 valence electrons. The van der Waals surface area contributed by atoms with Gasteiger partial charge in [0.25, 0.3) is 11.8 Å². The lowest BCUT2D eigenvalue weighted by molar-refractivity contribution is 0.102. The summed E-state index contributed by atoms with van der Waals surface area (Å²) in [6.45, 7) is 3.84. The minimum atomic E-state index is -0.436. The number of nitrogens with zero attached hydrogens (tertiary/aromatic N) is 2. The summed E-state index contributed by atoms with van der Waals surface area (Å²) in [6, 6.07) is 12.3. The topological polar surface area (TPSA) is 84.0 Å². The van der Waals surface area contributed by atoms with E-state index in [0.29, 0.717) is 16.3 Å². The maximum absolute atomic E-state index is 12.6. The summed E-state index contributed by atoms with van der Waals surface area (Å²) in [5, 5.41) is 10.0. The predicted octanol–water partition coefficient (Wildman–Crippen LogP) is 4.31. The summed E-state index contributed by atoms with van der Waals surface area (Å²) in [5.41, 5.74) is 3.08. The fourth-order valence-electron chi connectivity index (χ4n) is 2.28. The van der Waals surface area contributed by atoms with Crippen molar-refractivity contribution in [3.05, 3.63) is 69.9 Å². The van der Waals surface area contributed by atoms with Gasteiger partial charge in [0.05, 0.1) is 0 Å². The Balaban J connectivity index is 1.78. The molecule has 3 rings (SSSR count). The van der Waals surface area contributed by atoms with Gasteiger partial charge in [0.2, 0.25) is 0 Å². The molecule has 0 unspecified atom stereocenters. The van der Waals surface area contributed by atoms with Crippen molar-refractivity contribution in [2.24, 2.45) is 0 Å². The SMILES string of the molecule is Cc1ccc(C)c(NC(=O)c2nnsc2NC(=O)c2cccc(Cl)c2)c1. The van der Waals surface area contributed by atoms with Crippen LogP contribution in [-0.2, 0) is 0 Å². The fraction of sp³-hybridized carbons (Fsp3) is 0.111. The third kappa shape index (κ3) is 4.07. The van der Waals surface area contributed by atoms with Crippen LogP contribution in [0.25, 0.3) is 0 Å². The molecule has 0 radical (unpaired) electrons. The van der Waals surface area contributed by atoms with Gasteiger partial charge in [0.1, 0.15) is 5.00 Å². The molecule has 0 atom stereocenters. The van der Waals surface area contributed by atoms with Crippen LogP contribution in [0.15, 0.2) is 42.5 Å². The molecular weight excluding hydrogens is 372 g/mol. The number of amides is 2. The van der Waals surface area contributed by atoms with Gasteiger partial charge in [-0.3, -0.25) is 9.59 Å². The van der Waals surface area contributed by atoms with Crippen molar-refractivity contribution in [1.29, 1.82) is 0 Å². The van der Waals surface area contributed by atoms with Crippen molar-refractivity contribution in [3.8, 4) is 0 Å². The van der Waals surface area contributed by atoms with Crippen molar-refractivity contribution in [2.75, 3.05) is 10.6 Å². The molecular formula is C18H15ClN4O2S. The van der Waals surface area contributed by atoms with E-state index in [2.05, 4.69) is 20.2 Å². The number of aryl methyl sites for hydroxylation is 2. The molecule has 0 aliphatic carbocycles. The quantitative estimate of drug-likeness (QED) is 0.699. The maximum atomic E-state index is 12.6. The van der Waals surface area contributed by atoms with E-state index in [9.17, 15) is 9.59 Å². The van der Waals surface area contributed by atoms with E-state index in [1.54, 1.807) is 24.3 Å². The number of halogens is 1. The molecule has 2 aromatic carbocycles. The van der Waals surface area contributed by atoms with Crippen molar-refractivity contribution in [2.45, 2.75) is 13.8 Å². The van der Waals surface area contributed by atoms with Crippen LogP contribution in [0.2, 0.25) is 5.02 Å². The highest BCUT2D eigenvalue weighted by Crippen LogP contribution is 2.22. The Morgan fingerprint density at radius 1 is 1.04 bits per heavy atom. The first kappa shape index (κ1) is 18.0. The van der Waals surface area contributed by atoms with Crippen LogP contribution in [0.3, 0.4) is 0 Å². The summed E-state index contributed by atoms with van der Waals surface area (Å²) in [7, 11) is 0. The molecule has 8 heteroatoms. The summed E-state index contributed by atoms with van der Waals surface area (Å²) in [6.07, 6.45) is 0. The molecule has 0 saturated carbocycles. The van der Waals surface area contributed by atoms with Crippen molar-refractivity contribution in [1.82, 2.24) is 9.59 Å². The van der Waals surface area contributed by atoms with Gasteiger partial charge >= 0.3 is 0 Å². The van der Waals surface area contributed by atoms with E-state index in [1.807, 2.05) is 32.0 Å². The molecule has 2 amide bonds. The number of benzene rings is 2. The molecule has 0 fully saturated rings. The Kier molecular flexibility index (Phi) is 5.29. The first-order chi connectivity index (χ1) is 12.4. The molecule has 26 heavy (non-hydrogen) atoms. The van der Waals surface area contributed by atoms with Crippen molar-refractivity contribution < 1.29 is 9.59 Å².